The van der Waals surface area contributed by atoms with E-state index in [4.69, 9.17) is 4.74 Å². The van der Waals surface area contributed by atoms with Crippen LogP contribution in [0.3, 0.4) is 0 Å². The van der Waals surface area contributed by atoms with Gasteiger partial charge < -0.3 is 14.5 Å². The number of thiophene rings is 1. The molecular weight excluding hydrogens is 334 g/mol. The molecule has 0 unspecified atom stereocenters. The number of aromatic nitrogens is 1. The maximum Gasteiger partial charge on any atom is 0.409 e. The van der Waals surface area contributed by atoms with E-state index in [1.807, 2.05) is 17.5 Å². The van der Waals surface area contributed by atoms with E-state index in [1.165, 1.54) is 11.3 Å². The number of carbonyl (C=O) groups is 2. The lowest BCUT2D eigenvalue weighted by Gasteiger charge is -2.33. The molecule has 1 saturated heterocycles. The molecule has 23 heavy (non-hydrogen) atoms. The highest BCUT2D eigenvalue weighted by Crippen LogP contribution is 2.28. The van der Waals surface area contributed by atoms with Gasteiger partial charge in [-0.2, -0.15) is 0 Å². The Morgan fingerprint density at radius 2 is 1.96 bits per heavy atom. The van der Waals surface area contributed by atoms with Gasteiger partial charge in [-0.05, 0) is 18.4 Å². The largest absolute Gasteiger partial charge is 0.450 e. The lowest BCUT2D eigenvalue weighted by atomic mass is 10.3. The Labute approximate surface area is 142 Å². The number of nitrogens with zero attached hydrogens (tertiary/aromatic N) is 3. The van der Waals surface area contributed by atoms with Crippen LogP contribution in [-0.4, -0.2) is 59.6 Å². The zero-order valence-corrected chi connectivity index (χ0v) is 14.4. The zero-order valence-electron chi connectivity index (χ0n) is 12.7. The van der Waals surface area contributed by atoms with Crippen molar-refractivity contribution in [1.29, 1.82) is 0 Å². The highest BCUT2D eigenvalue weighted by molar-refractivity contribution is 7.20. The van der Waals surface area contributed by atoms with E-state index in [2.05, 4.69) is 4.98 Å². The first-order chi connectivity index (χ1) is 11.2. The molecule has 0 radical (unpaired) electrons. The molecule has 1 aliphatic heterocycles. The van der Waals surface area contributed by atoms with E-state index in [0.717, 1.165) is 9.88 Å². The van der Waals surface area contributed by atoms with Crippen molar-refractivity contribution in [3.05, 3.63) is 28.6 Å². The van der Waals surface area contributed by atoms with Gasteiger partial charge in [-0.3, -0.25) is 4.79 Å². The molecule has 122 valence electrons. The van der Waals surface area contributed by atoms with Crippen molar-refractivity contribution in [3.63, 3.8) is 0 Å². The smallest absolute Gasteiger partial charge is 0.409 e. The number of ether oxygens (including phenoxy) is 1. The van der Waals surface area contributed by atoms with Crippen LogP contribution in [0.4, 0.5) is 4.79 Å². The molecule has 0 aromatic carbocycles. The third-order valence-corrected chi connectivity index (χ3v) is 5.43. The minimum atomic E-state index is -0.312. The van der Waals surface area contributed by atoms with E-state index < -0.39 is 0 Å². The van der Waals surface area contributed by atoms with Crippen molar-refractivity contribution in [2.24, 2.45) is 0 Å². The molecule has 0 spiro atoms. The van der Waals surface area contributed by atoms with Crippen LogP contribution in [0.5, 0.6) is 0 Å². The van der Waals surface area contributed by atoms with Crippen LogP contribution in [0.15, 0.2) is 22.9 Å². The van der Waals surface area contributed by atoms with Crippen LogP contribution in [0, 0.1) is 0 Å². The Bertz CT molecular complexity index is 676. The summed E-state index contributed by atoms with van der Waals surface area (Å²) in [5, 5.41) is 4.66. The molecule has 0 N–H and O–H groups in total. The summed E-state index contributed by atoms with van der Waals surface area (Å²) in [5.41, 5.74) is 0.475. The fraction of sp³-hybridized carbons (Fsp3) is 0.400. The summed E-state index contributed by atoms with van der Waals surface area (Å²) in [6, 6.07) is 3.97. The van der Waals surface area contributed by atoms with Crippen molar-refractivity contribution in [2.45, 2.75) is 6.92 Å². The van der Waals surface area contributed by atoms with Crippen LogP contribution < -0.4 is 0 Å². The quantitative estimate of drug-likeness (QED) is 0.853. The normalized spacial score (nSPS) is 14.8. The van der Waals surface area contributed by atoms with Gasteiger partial charge in [0.2, 0.25) is 0 Å². The molecule has 2 amide bonds. The standard InChI is InChI=1S/C15H17N3O3S2/c1-2-21-15(20)18-7-5-17(6-8-18)14(19)11-10-23-13(16-11)12-4-3-9-22-12/h3-4,9-10H,2,5-8H2,1H3. The highest BCUT2D eigenvalue weighted by Gasteiger charge is 2.26. The lowest BCUT2D eigenvalue weighted by Crippen LogP contribution is -2.50. The summed E-state index contributed by atoms with van der Waals surface area (Å²) in [4.78, 5) is 33.1. The third-order valence-electron chi connectivity index (χ3n) is 3.55. The van der Waals surface area contributed by atoms with E-state index in [0.29, 0.717) is 38.5 Å². The number of amides is 2. The first kappa shape index (κ1) is 15.9. The summed E-state index contributed by atoms with van der Waals surface area (Å²) < 4.78 is 4.98. The van der Waals surface area contributed by atoms with Crippen molar-refractivity contribution < 1.29 is 14.3 Å². The molecule has 0 bridgehead atoms. The SMILES string of the molecule is CCOC(=O)N1CCN(C(=O)c2csc(-c3cccs3)n2)CC1. The molecule has 2 aromatic heterocycles. The second-order valence-corrected chi connectivity index (χ2v) is 6.80. The second-order valence-electron chi connectivity index (χ2n) is 4.99. The van der Waals surface area contributed by atoms with Crippen molar-refractivity contribution in [2.75, 3.05) is 32.8 Å². The number of hydrogen-bond acceptors (Lipinski definition) is 6. The molecule has 0 atom stereocenters. The van der Waals surface area contributed by atoms with Gasteiger partial charge in [-0.15, -0.1) is 22.7 Å². The summed E-state index contributed by atoms with van der Waals surface area (Å²) in [6.07, 6.45) is -0.312. The van der Waals surface area contributed by atoms with E-state index >= 15 is 0 Å². The summed E-state index contributed by atoms with van der Waals surface area (Å²) in [6.45, 7) is 4.14. The van der Waals surface area contributed by atoms with E-state index in [1.54, 1.807) is 33.4 Å². The van der Waals surface area contributed by atoms with Crippen molar-refractivity contribution in [3.8, 4) is 9.88 Å². The molecule has 1 fully saturated rings. The molecule has 6 nitrogen and oxygen atoms in total. The first-order valence-electron chi connectivity index (χ1n) is 7.39. The summed E-state index contributed by atoms with van der Waals surface area (Å²) >= 11 is 3.09. The predicted octanol–water partition coefficient (Wildman–Crippen LogP) is 2.79. The average Bonchev–Trinajstić information content (AvgIpc) is 3.25. The molecule has 8 heteroatoms. The number of rotatable bonds is 3. The molecule has 2 aromatic rings. The fourth-order valence-corrected chi connectivity index (χ4v) is 3.96. The van der Waals surface area contributed by atoms with Crippen LogP contribution in [-0.2, 0) is 4.74 Å². The van der Waals surface area contributed by atoms with E-state index in [-0.39, 0.29) is 12.0 Å². The van der Waals surface area contributed by atoms with Crippen LogP contribution in [0.2, 0.25) is 0 Å². The van der Waals surface area contributed by atoms with Crippen LogP contribution in [0.1, 0.15) is 17.4 Å². The summed E-state index contributed by atoms with van der Waals surface area (Å²) in [7, 11) is 0. The predicted molar refractivity (Wildman–Crippen MR) is 89.9 cm³/mol. The van der Waals surface area contributed by atoms with Gasteiger partial charge >= 0.3 is 6.09 Å². The number of thiazole rings is 1. The third kappa shape index (κ3) is 3.53. The topological polar surface area (TPSA) is 62.7 Å². The monoisotopic (exact) mass is 351 g/mol. The molecule has 0 saturated carbocycles. The minimum absolute atomic E-state index is 0.0763. The van der Waals surface area contributed by atoms with Gasteiger partial charge in [-0.25, -0.2) is 9.78 Å². The Kier molecular flexibility index (Phi) is 4.92. The van der Waals surface area contributed by atoms with Gasteiger partial charge in [0.1, 0.15) is 10.7 Å². The van der Waals surface area contributed by atoms with Gasteiger partial charge in [0.15, 0.2) is 0 Å². The molecule has 3 heterocycles. The Morgan fingerprint density at radius 3 is 2.61 bits per heavy atom. The second kappa shape index (κ2) is 7.10. The maximum absolute atomic E-state index is 12.5. The summed E-state index contributed by atoms with van der Waals surface area (Å²) in [5.74, 6) is -0.0763. The number of hydrogen-bond donors (Lipinski definition) is 0. The number of piperazine rings is 1. The van der Waals surface area contributed by atoms with Crippen LogP contribution in [0.25, 0.3) is 9.88 Å². The van der Waals surface area contributed by atoms with E-state index in [9.17, 15) is 9.59 Å². The van der Waals surface area contributed by atoms with Crippen molar-refractivity contribution in [1.82, 2.24) is 14.8 Å². The Hall–Kier alpha value is -1.93. The lowest BCUT2D eigenvalue weighted by molar-refractivity contribution is 0.0566. The van der Waals surface area contributed by atoms with Gasteiger partial charge in [-0.1, -0.05) is 6.07 Å². The average molecular weight is 351 g/mol. The van der Waals surface area contributed by atoms with Gasteiger partial charge in [0.05, 0.1) is 11.5 Å². The molecular formula is C15H17N3O3S2. The molecule has 0 aliphatic carbocycles. The minimum Gasteiger partial charge on any atom is -0.450 e. The maximum atomic E-state index is 12.5. The van der Waals surface area contributed by atoms with Gasteiger partial charge in [0.25, 0.3) is 5.91 Å². The van der Waals surface area contributed by atoms with Crippen molar-refractivity contribution >= 4 is 34.7 Å². The molecule has 1 aliphatic rings. The fourth-order valence-electron chi connectivity index (χ4n) is 2.35. The van der Waals surface area contributed by atoms with Gasteiger partial charge in [0, 0.05) is 31.6 Å². The Balaban J connectivity index is 1.60. The highest BCUT2D eigenvalue weighted by atomic mass is 32.1. The Morgan fingerprint density at radius 1 is 1.22 bits per heavy atom. The zero-order chi connectivity index (χ0) is 16.2. The number of carbonyl (C=O) groups excluding carboxylic acids is 2. The first-order valence-corrected chi connectivity index (χ1v) is 9.15. The molecule has 3 rings (SSSR count). The van der Waals surface area contributed by atoms with Crippen LogP contribution >= 0.6 is 22.7 Å².